The van der Waals surface area contributed by atoms with Crippen LogP contribution in [0.2, 0.25) is 5.02 Å². The number of hydrogen-bond acceptors (Lipinski definition) is 7. The Morgan fingerprint density at radius 1 is 1.09 bits per heavy atom. The molecule has 5 rings (SSSR count). The number of hydroxylamine groups is 1. The summed E-state index contributed by atoms with van der Waals surface area (Å²) in [7, 11) is 0. The molecule has 234 valence electrons. The molecule has 3 aromatic carbocycles. The number of alkyl halides is 3. The number of ether oxygens (including phenoxy) is 1. The van der Waals surface area contributed by atoms with E-state index in [4.69, 9.17) is 28.7 Å². The summed E-state index contributed by atoms with van der Waals surface area (Å²) < 4.78 is 42.6. The zero-order chi connectivity index (χ0) is 32.3. The molecule has 1 aliphatic rings. The Hall–Kier alpha value is -3.98. The number of anilines is 1. The normalized spacial score (nSPS) is 15.2. The summed E-state index contributed by atoms with van der Waals surface area (Å²) >= 11 is 12.9. The average Bonchev–Trinajstić information content (AvgIpc) is 3.62. The second-order valence-corrected chi connectivity index (χ2v) is 11.9. The number of nitrogens with one attached hydrogen (secondary N) is 1. The van der Waals surface area contributed by atoms with Crippen LogP contribution in [-0.2, 0) is 9.63 Å². The van der Waals surface area contributed by atoms with E-state index in [0.29, 0.717) is 27.4 Å². The lowest BCUT2D eigenvalue weighted by Gasteiger charge is -2.22. The van der Waals surface area contributed by atoms with Crippen LogP contribution in [0, 0.1) is 0 Å². The Morgan fingerprint density at radius 2 is 1.80 bits per heavy atom. The summed E-state index contributed by atoms with van der Waals surface area (Å²) in [5.74, 6) is 0.369. The first kappa shape index (κ1) is 32.4. The fourth-order valence-electron chi connectivity index (χ4n) is 4.42. The van der Waals surface area contributed by atoms with Gasteiger partial charge in [0, 0.05) is 10.6 Å². The van der Waals surface area contributed by atoms with E-state index in [2.05, 4.69) is 25.3 Å². The smallest absolute Gasteiger partial charge is 0.406 e. The molecule has 1 fully saturated rings. The standard InChI is InChI=1S/C30H26ClF3N6O3S2/c1-17(2)24-13-8-21(31)14-25(24)40-26(41)15-45-29(40)36-28(44)38-43-18(3)19-4-6-20(7-5-19)27-35-16-39(37-27)22-9-11-23(12-10-22)42-30(32,33)34/h4-14,16-18H,15H2,1-3H3,(H,38,44)/b36-29-. The minimum atomic E-state index is -4.76. The average molecular weight is 675 g/mol. The number of aliphatic imine (C=N–C) groups is 1. The molecular formula is C30H26ClF3N6O3S2. The number of benzene rings is 3. The van der Waals surface area contributed by atoms with E-state index >= 15 is 0 Å². The van der Waals surface area contributed by atoms with Gasteiger partial charge in [0.25, 0.3) is 0 Å². The lowest BCUT2D eigenvalue weighted by atomic mass is 10.0. The van der Waals surface area contributed by atoms with Gasteiger partial charge in [-0.3, -0.25) is 14.5 Å². The summed E-state index contributed by atoms with van der Waals surface area (Å²) in [4.78, 5) is 28.8. The van der Waals surface area contributed by atoms with Gasteiger partial charge in [0.1, 0.15) is 18.2 Å². The molecule has 9 nitrogen and oxygen atoms in total. The fraction of sp³-hybridized carbons (Fsp3) is 0.233. The summed E-state index contributed by atoms with van der Waals surface area (Å²) in [6.07, 6.45) is -3.72. The van der Waals surface area contributed by atoms with Gasteiger partial charge in [0.2, 0.25) is 11.0 Å². The number of carbonyl (C=O) groups is 1. The summed E-state index contributed by atoms with van der Waals surface area (Å²) in [6.45, 7) is 5.91. The molecule has 2 heterocycles. The molecule has 45 heavy (non-hydrogen) atoms. The van der Waals surface area contributed by atoms with Gasteiger partial charge in [0.05, 0.1) is 17.1 Å². The second kappa shape index (κ2) is 13.6. The highest BCUT2D eigenvalue weighted by Crippen LogP contribution is 2.35. The third-order valence-electron chi connectivity index (χ3n) is 6.61. The van der Waals surface area contributed by atoms with Crippen molar-refractivity contribution in [3.63, 3.8) is 0 Å². The molecule has 0 spiro atoms. The predicted molar refractivity (Wildman–Crippen MR) is 172 cm³/mol. The fourth-order valence-corrected chi connectivity index (χ4v) is 5.65. The number of thioether (sulfide) groups is 1. The van der Waals surface area contributed by atoms with Gasteiger partial charge in [-0.1, -0.05) is 67.5 Å². The molecule has 1 unspecified atom stereocenters. The number of nitrogens with zero attached hydrogens (tertiary/aromatic N) is 5. The Labute approximate surface area is 271 Å². The van der Waals surface area contributed by atoms with E-state index < -0.39 is 12.5 Å². The van der Waals surface area contributed by atoms with Crippen molar-refractivity contribution in [2.24, 2.45) is 4.99 Å². The molecule has 1 atom stereocenters. The van der Waals surface area contributed by atoms with E-state index in [1.807, 2.05) is 51.1 Å². The van der Waals surface area contributed by atoms with Crippen LogP contribution >= 0.6 is 35.6 Å². The number of carbonyl (C=O) groups excluding carboxylic acids is 1. The van der Waals surface area contributed by atoms with Crippen molar-refractivity contribution in [3.05, 3.63) is 89.2 Å². The number of thiocarbonyl (C=S) groups is 1. The van der Waals surface area contributed by atoms with Crippen molar-refractivity contribution < 1.29 is 27.5 Å². The number of amidine groups is 1. The van der Waals surface area contributed by atoms with E-state index in [1.165, 1.54) is 51.9 Å². The van der Waals surface area contributed by atoms with Gasteiger partial charge < -0.3 is 4.74 Å². The first-order valence-corrected chi connectivity index (χ1v) is 15.3. The number of amides is 1. The highest BCUT2D eigenvalue weighted by atomic mass is 35.5. The number of halogens is 4. The molecule has 0 bridgehead atoms. The molecule has 1 aromatic heterocycles. The van der Waals surface area contributed by atoms with Crippen molar-refractivity contribution in [2.45, 2.75) is 39.2 Å². The molecule has 1 amide bonds. The van der Waals surface area contributed by atoms with Crippen molar-refractivity contribution in [2.75, 3.05) is 10.7 Å². The van der Waals surface area contributed by atoms with Crippen LogP contribution in [0.4, 0.5) is 18.9 Å². The highest BCUT2D eigenvalue weighted by Gasteiger charge is 2.33. The predicted octanol–water partition coefficient (Wildman–Crippen LogP) is 7.61. The van der Waals surface area contributed by atoms with E-state index in [1.54, 1.807) is 12.1 Å². The first-order chi connectivity index (χ1) is 21.4. The maximum Gasteiger partial charge on any atom is 0.573 e. The van der Waals surface area contributed by atoms with Crippen LogP contribution in [0.5, 0.6) is 5.75 Å². The molecule has 1 aliphatic heterocycles. The second-order valence-electron chi connectivity index (χ2n) is 10.1. The zero-order valence-electron chi connectivity index (χ0n) is 24.1. The van der Waals surface area contributed by atoms with Crippen molar-refractivity contribution in [1.82, 2.24) is 20.2 Å². The molecular weight excluding hydrogens is 649 g/mol. The first-order valence-electron chi connectivity index (χ1n) is 13.6. The Kier molecular flexibility index (Phi) is 9.77. The maximum absolute atomic E-state index is 12.8. The van der Waals surface area contributed by atoms with E-state index in [-0.39, 0.29) is 28.4 Å². The maximum atomic E-state index is 12.8. The van der Waals surface area contributed by atoms with Gasteiger partial charge in [-0.25, -0.2) is 15.1 Å². The SMILES string of the molecule is CC(C)c1ccc(Cl)cc1N1C(=O)CS/C1=N\C(=S)NOC(C)c1ccc(-c2ncn(-c3ccc(OC(F)(F)F)cc3)n2)cc1. The topological polar surface area (TPSA) is 93.9 Å². The molecule has 15 heteroatoms. The minimum Gasteiger partial charge on any atom is -0.406 e. The monoisotopic (exact) mass is 674 g/mol. The molecule has 0 aliphatic carbocycles. The van der Waals surface area contributed by atoms with Crippen molar-refractivity contribution in [3.8, 4) is 22.8 Å². The van der Waals surface area contributed by atoms with Crippen LogP contribution in [0.1, 0.15) is 43.9 Å². The zero-order valence-corrected chi connectivity index (χ0v) is 26.5. The summed E-state index contributed by atoms with van der Waals surface area (Å²) in [6, 6.07) is 18.1. The lowest BCUT2D eigenvalue weighted by Crippen LogP contribution is -2.32. The van der Waals surface area contributed by atoms with Crippen LogP contribution in [-0.4, -0.2) is 43.1 Å². The van der Waals surface area contributed by atoms with Crippen LogP contribution in [0.3, 0.4) is 0 Å². The lowest BCUT2D eigenvalue weighted by molar-refractivity contribution is -0.274. The van der Waals surface area contributed by atoms with Crippen LogP contribution in [0.15, 0.2) is 78.0 Å². The molecule has 0 saturated carbocycles. The third-order valence-corrected chi connectivity index (χ3v) is 7.94. The van der Waals surface area contributed by atoms with E-state index in [0.717, 1.165) is 16.7 Å². The summed E-state index contributed by atoms with van der Waals surface area (Å²) in [5, 5.41) is 5.42. The van der Waals surface area contributed by atoms with Crippen molar-refractivity contribution in [1.29, 1.82) is 0 Å². The van der Waals surface area contributed by atoms with E-state index in [9.17, 15) is 18.0 Å². The van der Waals surface area contributed by atoms with Crippen molar-refractivity contribution >= 4 is 57.5 Å². The highest BCUT2D eigenvalue weighted by molar-refractivity contribution is 8.15. The molecule has 1 N–H and O–H groups in total. The van der Waals surface area contributed by atoms with Gasteiger partial charge >= 0.3 is 6.36 Å². The number of aromatic nitrogens is 3. The molecule has 4 aromatic rings. The Morgan fingerprint density at radius 3 is 2.47 bits per heavy atom. The largest absolute Gasteiger partial charge is 0.573 e. The van der Waals surface area contributed by atoms with Gasteiger partial charge in [0.15, 0.2) is 11.0 Å². The Balaban J connectivity index is 1.20. The quantitative estimate of drug-likeness (QED) is 0.151. The number of hydrogen-bond donors (Lipinski definition) is 1. The van der Waals surface area contributed by atoms with Gasteiger partial charge in [-0.05, 0) is 72.6 Å². The Bertz CT molecular complexity index is 1730. The van der Waals surface area contributed by atoms with Gasteiger partial charge in [-0.15, -0.1) is 18.3 Å². The summed E-state index contributed by atoms with van der Waals surface area (Å²) in [5.41, 5.74) is 6.40. The number of rotatable bonds is 8. The third kappa shape index (κ3) is 8.00. The van der Waals surface area contributed by atoms with Gasteiger partial charge in [-0.2, -0.15) is 4.99 Å². The molecule has 0 radical (unpaired) electrons. The minimum absolute atomic E-state index is 0.0570. The van der Waals surface area contributed by atoms with Crippen LogP contribution < -0.4 is 15.1 Å². The van der Waals surface area contributed by atoms with Crippen LogP contribution in [0.25, 0.3) is 17.1 Å². The molecule has 1 saturated heterocycles.